The molecule has 0 aromatic heterocycles. The molecule has 88 valence electrons. The summed E-state index contributed by atoms with van der Waals surface area (Å²) in [5.41, 5.74) is 0. The van der Waals surface area contributed by atoms with E-state index in [1.165, 1.54) is 0 Å². The van der Waals surface area contributed by atoms with Crippen molar-refractivity contribution in [1.82, 2.24) is 10.2 Å². The second-order valence-electron chi connectivity index (χ2n) is 4.14. The number of likely N-dealkylation sites (tertiary alicyclic amines) is 1. The van der Waals surface area contributed by atoms with E-state index in [9.17, 15) is 4.79 Å². The minimum atomic E-state index is -0.153. The molecule has 0 spiro atoms. The molecular weight excluding hydrogens is 192 g/mol. The summed E-state index contributed by atoms with van der Waals surface area (Å²) in [6, 6.07) is 0. The molecule has 15 heavy (non-hydrogen) atoms. The Labute approximate surface area is 92.0 Å². The van der Waals surface area contributed by atoms with Crippen molar-refractivity contribution in [3.05, 3.63) is 0 Å². The highest BCUT2D eigenvalue weighted by Gasteiger charge is 2.20. The lowest BCUT2D eigenvalue weighted by molar-refractivity contribution is 0.0899. The van der Waals surface area contributed by atoms with Gasteiger partial charge in [0.1, 0.15) is 6.61 Å². The molecule has 0 aromatic carbocycles. The number of rotatable bonds is 4. The summed E-state index contributed by atoms with van der Waals surface area (Å²) in [5, 5.41) is 3.12. The number of amides is 1. The van der Waals surface area contributed by atoms with Crippen molar-refractivity contribution in [2.24, 2.45) is 5.92 Å². The predicted octanol–water partition coefficient (Wildman–Crippen LogP) is 1.46. The monoisotopic (exact) mass is 214 g/mol. The average molecular weight is 214 g/mol. The van der Waals surface area contributed by atoms with E-state index < -0.39 is 0 Å². The van der Waals surface area contributed by atoms with E-state index in [0.29, 0.717) is 6.61 Å². The highest BCUT2D eigenvalue weighted by Crippen LogP contribution is 2.16. The first-order valence-electron chi connectivity index (χ1n) is 5.86. The summed E-state index contributed by atoms with van der Waals surface area (Å²) in [6.45, 7) is 8.09. The van der Waals surface area contributed by atoms with Crippen molar-refractivity contribution >= 4 is 6.09 Å². The molecule has 0 radical (unpaired) electrons. The molecule has 1 N–H and O–H groups in total. The summed E-state index contributed by atoms with van der Waals surface area (Å²) in [4.78, 5) is 13.4. The Morgan fingerprint density at radius 3 is 2.73 bits per heavy atom. The van der Waals surface area contributed by atoms with Gasteiger partial charge in [-0.05, 0) is 25.3 Å². The third-order valence-electron chi connectivity index (χ3n) is 2.80. The third kappa shape index (κ3) is 4.51. The SMILES string of the molecule is CCNCCOC(=O)N1CCC(C)CC1. The fourth-order valence-electron chi connectivity index (χ4n) is 1.67. The number of piperidine rings is 1. The zero-order valence-corrected chi connectivity index (χ0v) is 9.79. The first kappa shape index (κ1) is 12.3. The molecule has 4 heteroatoms. The van der Waals surface area contributed by atoms with E-state index in [0.717, 1.165) is 44.9 Å². The van der Waals surface area contributed by atoms with E-state index in [1.807, 2.05) is 11.8 Å². The summed E-state index contributed by atoms with van der Waals surface area (Å²) in [6.07, 6.45) is 2.05. The standard InChI is InChI=1S/C11H22N2O2/c1-3-12-6-9-15-11(14)13-7-4-10(2)5-8-13/h10,12H,3-9H2,1-2H3. The van der Waals surface area contributed by atoms with E-state index in [1.54, 1.807) is 0 Å². The van der Waals surface area contributed by atoms with Gasteiger partial charge in [-0.2, -0.15) is 0 Å². The summed E-state index contributed by atoms with van der Waals surface area (Å²) >= 11 is 0. The molecule has 0 atom stereocenters. The number of nitrogens with zero attached hydrogens (tertiary/aromatic N) is 1. The lowest BCUT2D eigenvalue weighted by atomic mass is 10.00. The van der Waals surface area contributed by atoms with Gasteiger partial charge in [-0.15, -0.1) is 0 Å². The molecule has 0 unspecified atom stereocenters. The Balaban J connectivity index is 2.11. The van der Waals surface area contributed by atoms with Crippen molar-refractivity contribution in [2.75, 3.05) is 32.8 Å². The lowest BCUT2D eigenvalue weighted by Crippen LogP contribution is -2.39. The second kappa shape index (κ2) is 6.67. The average Bonchev–Trinajstić information content (AvgIpc) is 2.25. The number of hydrogen-bond donors (Lipinski definition) is 1. The first-order valence-corrected chi connectivity index (χ1v) is 5.86. The fraction of sp³-hybridized carbons (Fsp3) is 0.909. The van der Waals surface area contributed by atoms with E-state index in [-0.39, 0.29) is 6.09 Å². The van der Waals surface area contributed by atoms with Crippen LogP contribution in [0.2, 0.25) is 0 Å². The Kier molecular flexibility index (Phi) is 5.47. The van der Waals surface area contributed by atoms with Gasteiger partial charge in [-0.1, -0.05) is 13.8 Å². The van der Waals surface area contributed by atoms with Crippen LogP contribution in [0.25, 0.3) is 0 Å². The number of carbonyl (C=O) groups excluding carboxylic acids is 1. The minimum absolute atomic E-state index is 0.153. The molecule has 1 fully saturated rings. The summed E-state index contributed by atoms with van der Waals surface area (Å²) in [7, 11) is 0. The molecule has 1 saturated heterocycles. The molecule has 0 aliphatic carbocycles. The normalized spacial score (nSPS) is 17.9. The van der Waals surface area contributed by atoms with Gasteiger partial charge in [-0.3, -0.25) is 0 Å². The number of ether oxygens (including phenoxy) is 1. The van der Waals surface area contributed by atoms with Crippen LogP contribution < -0.4 is 5.32 Å². The number of hydrogen-bond acceptors (Lipinski definition) is 3. The maximum atomic E-state index is 11.5. The van der Waals surface area contributed by atoms with Gasteiger partial charge in [0.25, 0.3) is 0 Å². The van der Waals surface area contributed by atoms with E-state index in [4.69, 9.17) is 4.74 Å². The third-order valence-corrected chi connectivity index (χ3v) is 2.80. The smallest absolute Gasteiger partial charge is 0.409 e. The fourth-order valence-corrected chi connectivity index (χ4v) is 1.67. The highest BCUT2D eigenvalue weighted by molar-refractivity contribution is 5.67. The molecule has 4 nitrogen and oxygen atoms in total. The quantitative estimate of drug-likeness (QED) is 0.720. The second-order valence-corrected chi connectivity index (χ2v) is 4.14. The van der Waals surface area contributed by atoms with Crippen molar-refractivity contribution < 1.29 is 9.53 Å². The van der Waals surface area contributed by atoms with Crippen LogP contribution in [0.1, 0.15) is 26.7 Å². The molecule has 0 saturated carbocycles. The lowest BCUT2D eigenvalue weighted by Gasteiger charge is -2.29. The Bertz CT molecular complexity index is 189. The maximum Gasteiger partial charge on any atom is 0.409 e. The van der Waals surface area contributed by atoms with Gasteiger partial charge in [0.15, 0.2) is 0 Å². The van der Waals surface area contributed by atoms with Crippen LogP contribution in [0, 0.1) is 5.92 Å². The van der Waals surface area contributed by atoms with Crippen LogP contribution in [0.15, 0.2) is 0 Å². The van der Waals surface area contributed by atoms with Crippen molar-refractivity contribution in [2.45, 2.75) is 26.7 Å². The highest BCUT2D eigenvalue weighted by atomic mass is 16.6. The molecule has 1 aliphatic rings. The van der Waals surface area contributed by atoms with E-state index >= 15 is 0 Å². The molecule has 1 amide bonds. The first-order chi connectivity index (χ1) is 7.24. The zero-order valence-electron chi connectivity index (χ0n) is 9.79. The Morgan fingerprint density at radius 2 is 2.13 bits per heavy atom. The molecule has 1 aliphatic heterocycles. The van der Waals surface area contributed by atoms with Crippen LogP contribution in [0.5, 0.6) is 0 Å². The van der Waals surface area contributed by atoms with Crippen LogP contribution in [-0.4, -0.2) is 43.8 Å². The zero-order chi connectivity index (χ0) is 11.1. The maximum absolute atomic E-state index is 11.5. The van der Waals surface area contributed by atoms with Crippen LogP contribution in [0.3, 0.4) is 0 Å². The number of nitrogens with one attached hydrogen (secondary N) is 1. The van der Waals surface area contributed by atoms with Gasteiger partial charge in [0.05, 0.1) is 0 Å². The topological polar surface area (TPSA) is 41.6 Å². The molecule has 0 aromatic rings. The molecular formula is C11H22N2O2. The van der Waals surface area contributed by atoms with Crippen LogP contribution in [0.4, 0.5) is 4.79 Å². The molecule has 1 heterocycles. The van der Waals surface area contributed by atoms with Crippen LogP contribution in [-0.2, 0) is 4.74 Å². The molecule has 1 rings (SSSR count). The van der Waals surface area contributed by atoms with Gasteiger partial charge in [0.2, 0.25) is 0 Å². The Hall–Kier alpha value is -0.770. The van der Waals surface area contributed by atoms with Gasteiger partial charge in [-0.25, -0.2) is 4.79 Å². The summed E-state index contributed by atoms with van der Waals surface area (Å²) in [5.74, 6) is 0.746. The minimum Gasteiger partial charge on any atom is -0.448 e. The Morgan fingerprint density at radius 1 is 1.47 bits per heavy atom. The van der Waals surface area contributed by atoms with Crippen molar-refractivity contribution in [3.8, 4) is 0 Å². The van der Waals surface area contributed by atoms with Gasteiger partial charge >= 0.3 is 6.09 Å². The predicted molar refractivity (Wildman–Crippen MR) is 59.9 cm³/mol. The van der Waals surface area contributed by atoms with E-state index in [2.05, 4.69) is 12.2 Å². The number of carbonyl (C=O) groups is 1. The van der Waals surface area contributed by atoms with Gasteiger partial charge in [0, 0.05) is 19.6 Å². The molecule has 0 bridgehead atoms. The van der Waals surface area contributed by atoms with Crippen molar-refractivity contribution in [1.29, 1.82) is 0 Å². The summed E-state index contributed by atoms with van der Waals surface area (Å²) < 4.78 is 5.14. The van der Waals surface area contributed by atoms with Crippen LogP contribution >= 0.6 is 0 Å². The van der Waals surface area contributed by atoms with Gasteiger partial charge < -0.3 is 15.0 Å². The largest absolute Gasteiger partial charge is 0.448 e. The number of likely N-dealkylation sites (N-methyl/N-ethyl adjacent to an activating group) is 1. The van der Waals surface area contributed by atoms with Crippen molar-refractivity contribution in [3.63, 3.8) is 0 Å².